The van der Waals surface area contributed by atoms with Gasteiger partial charge < -0.3 is 14.3 Å². The van der Waals surface area contributed by atoms with Gasteiger partial charge in [-0.15, -0.1) is 0 Å². The maximum absolute atomic E-state index is 11.9. The van der Waals surface area contributed by atoms with Gasteiger partial charge in [-0.1, -0.05) is 6.07 Å². The number of nitrogens with zero attached hydrogens (tertiary/aromatic N) is 1. The average Bonchev–Trinajstić information content (AvgIpc) is 2.66. The van der Waals surface area contributed by atoms with Crippen LogP contribution in [-0.4, -0.2) is 22.7 Å². The van der Waals surface area contributed by atoms with Gasteiger partial charge in [0.2, 0.25) is 0 Å². The number of hydrogen-bond acceptors (Lipinski definition) is 4. The van der Waals surface area contributed by atoms with Crippen molar-refractivity contribution in [3.63, 3.8) is 0 Å². The van der Waals surface area contributed by atoms with Gasteiger partial charge in [-0.05, 0) is 23.8 Å². The molecular weight excluding hydrogens is 248 g/mol. The molecule has 0 aliphatic heterocycles. The Morgan fingerprint density at radius 1 is 1.50 bits per heavy atom. The minimum atomic E-state index is -3.01. The molecule has 0 saturated carbocycles. The quantitative estimate of drug-likeness (QED) is 0.850. The van der Waals surface area contributed by atoms with E-state index in [1.165, 1.54) is 18.2 Å². The lowest BCUT2D eigenvalue weighted by atomic mass is 10.2. The van der Waals surface area contributed by atoms with Gasteiger partial charge in [0, 0.05) is 6.08 Å². The van der Waals surface area contributed by atoms with E-state index in [2.05, 4.69) is 9.72 Å². The molecule has 0 saturated heterocycles. The summed E-state index contributed by atoms with van der Waals surface area (Å²) in [6.45, 7) is -3.01. The Hall–Kier alpha value is -2.44. The number of ether oxygens (including phenoxy) is 1. The van der Waals surface area contributed by atoms with Crippen molar-refractivity contribution in [3.8, 4) is 6.08 Å². The van der Waals surface area contributed by atoms with Crippen molar-refractivity contribution in [3.05, 3.63) is 29.8 Å². The molecule has 94 valence electrons. The van der Waals surface area contributed by atoms with E-state index in [-0.39, 0.29) is 5.58 Å². The summed E-state index contributed by atoms with van der Waals surface area (Å²) in [6, 6.07) is 4.56. The van der Waals surface area contributed by atoms with Crippen molar-refractivity contribution in [2.45, 2.75) is 6.61 Å². The van der Waals surface area contributed by atoms with E-state index in [1.54, 1.807) is 6.07 Å². The number of carboxylic acid groups (broad SMARTS) is 1. The summed E-state index contributed by atoms with van der Waals surface area (Å²) in [7, 11) is 0. The van der Waals surface area contributed by atoms with Crippen molar-refractivity contribution in [2.24, 2.45) is 0 Å². The van der Waals surface area contributed by atoms with E-state index < -0.39 is 18.7 Å². The van der Waals surface area contributed by atoms with E-state index in [0.29, 0.717) is 11.1 Å². The first-order valence-electron chi connectivity index (χ1n) is 4.81. The monoisotopic (exact) mass is 255 g/mol. The Labute approximate surface area is 99.3 Å². The number of benzene rings is 1. The number of oxazole rings is 1. The van der Waals surface area contributed by atoms with Crippen LogP contribution in [0.25, 0.3) is 17.2 Å². The number of carboxylic acids is 1. The van der Waals surface area contributed by atoms with E-state index in [0.717, 1.165) is 6.08 Å². The van der Waals surface area contributed by atoms with Gasteiger partial charge in [0.15, 0.2) is 5.58 Å². The molecule has 0 radical (unpaired) electrons. The Morgan fingerprint density at radius 2 is 2.28 bits per heavy atom. The average molecular weight is 255 g/mol. The number of halogens is 2. The minimum absolute atomic E-state index is 0.234. The third-order valence-corrected chi connectivity index (χ3v) is 2.00. The zero-order chi connectivity index (χ0) is 13.1. The number of aliphatic carboxylic acids is 1. The third-order valence-electron chi connectivity index (χ3n) is 2.00. The molecule has 0 spiro atoms. The Bertz CT molecular complexity index is 606. The molecule has 0 bridgehead atoms. The molecule has 0 atom stereocenters. The fourth-order valence-corrected chi connectivity index (χ4v) is 1.32. The summed E-state index contributed by atoms with van der Waals surface area (Å²) < 4.78 is 32.8. The second-order valence-electron chi connectivity index (χ2n) is 3.26. The van der Waals surface area contributed by atoms with E-state index in [1.807, 2.05) is 0 Å². The highest BCUT2D eigenvalue weighted by molar-refractivity contribution is 5.86. The Morgan fingerprint density at radius 3 is 2.94 bits per heavy atom. The van der Waals surface area contributed by atoms with Crippen LogP contribution in [-0.2, 0) is 4.79 Å². The van der Waals surface area contributed by atoms with Crippen molar-refractivity contribution in [1.82, 2.24) is 4.98 Å². The van der Waals surface area contributed by atoms with Crippen molar-refractivity contribution in [1.29, 1.82) is 0 Å². The number of fused-ring (bicyclic) bond motifs is 1. The first-order valence-corrected chi connectivity index (χ1v) is 4.81. The first-order chi connectivity index (χ1) is 8.54. The summed E-state index contributed by atoms with van der Waals surface area (Å²) in [5.74, 6) is -1.09. The fraction of sp³-hybridized carbons (Fsp3) is 0.0909. The molecule has 1 aromatic heterocycles. The normalized spacial score (nSPS) is 11.5. The van der Waals surface area contributed by atoms with Crippen molar-refractivity contribution < 1.29 is 27.8 Å². The van der Waals surface area contributed by atoms with Crippen molar-refractivity contribution >= 4 is 23.1 Å². The lowest BCUT2D eigenvalue weighted by molar-refractivity contribution is -0.131. The number of rotatable bonds is 4. The Kier molecular flexibility index (Phi) is 3.22. The second kappa shape index (κ2) is 4.82. The molecule has 0 aliphatic carbocycles. The standard InChI is InChI=1S/C11H7F2NO4/c12-10(13)18-11-14-7-3-1-6(2-4-9(15)16)5-8(7)17-11/h1-5,10H,(H,15,16)/b4-2+. The number of carbonyl (C=O) groups is 1. The zero-order valence-electron chi connectivity index (χ0n) is 8.84. The van der Waals surface area contributed by atoms with Gasteiger partial charge in [0.1, 0.15) is 5.52 Å². The van der Waals surface area contributed by atoms with Crippen LogP contribution in [0.2, 0.25) is 0 Å². The van der Waals surface area contributed by atoms with Crippen LogP contribution in [0.15, 0.2) is 28.7 Å². The molecule has 0 unspecified atom stereocenters. The molecule has 0 amide bonds. The van der Waals surface area contributed by atoms with Crippen LogP contribution in [0, 0.1) is 0 Å². The van der Waals surface area contributed by atoms with Gasteiger partial charge in [0.05, 0.1) is 0 Å². The van der Waals surface area contributed by atoms with E-state index in [4.69, 9.17) is 9.52 Å². The molecule has 1 heterocycles. The van der Waals surface area contributed by atoms with Gasteiger partial charge in [-0.2, -0.15) is 13.8 Å². The van der Waals surface area contributed by atoms with Gasteiger partial charge in [-0.3, -0.25) is 0 Å². The molecular formula is C11H7F2NO4. The zero-order valence-corrected chi connectivity index (χ0v) is 8.84. The minimum Gasteiger partial charge on any atom is -0.478 e. The maximum Gasteiger partial charge on any atom is 0.399 e. The van der Waals surface area contributed by atoms with Crippen LogP contribution < -0.4 is 4.74 Å². The van der Waals surface area contributed by atoms with Crippen LogP contribution in [0.5, 0.6) is 6.08 Å². The predicted octanol–water partition coefficient (Wildman–Crippen LogP) is 2.53. The second-order valence-corrected chi connectivity index (χ2v) is 3.26. The van der Waals surface area contributed by atoms with E-state index >= 15 is 0 Å². The SMILES string of the molecule is O=C(O)/C=C/c1ccc2nc(OC(F)F)oc2c1. The Balaban J connectivity index is 2.30. The summed E-state index contributed by atoms with van der Waals surface area (Å²) in [5.41, 5.74) is 1.13. The van der Waals surface area contributed by atoms with Crippen LogP contribution in [0.1, 0.15) is 5.56 Å². The molecule has 2 aromatic rings. The lowest BCUT2D eigenvalue weighted by Crippen LogP contribution is -2.01. The van der Waals surface area contributed by atoms with Crippen LogP contribution >= 0.6 is 0 Å². The molecule has 7 heteroatoms. The molecule has 2 rings (SSSR count). The molecule has 0 aliphatic rings. The fourth-order valence-electron chi connectivity index (χ4n) is 1.32. The molecule has 5 nitrogen and oxygen atoms in total. The highest BCUT2D eigenvalue weighted by Gasteiger charge is 2.11. The van der Waals surface area contributed by atoms with Crippen LogP contribution in [0.4, 0.5) is 8.78 Å². The summed E-state index contributed by atoms with van der Waals surface area (Å²) in [5, 5.41) is 8.47. The first kappa shape index (κ1) is 12.0. The van der Waals surface area contributed by atoms with Gasteiger partial charge in [-0.25, -0.2) is 4.79 Å². The number of hydrogen-bond donors (Lipinski definition) is 1. The highest BCUT2D eigenvalue weighted by Crippen LogP contribution is 2.23. The third kappa shape index (κ3) is 2.82. The largest absolute Gasteiger partial charge is 0.478 e. The van der Waals surface area contributed by atoms with Gasteiger partial charge in [0.25, 0.3) is 0 Å². The summed E-state index contributed by atoms with van der Waals surface area (Å²) >= 11 is 0. The van der Waals surface area contributed by atoms with Crippen molar-refractivity contribution in [2.75, 3.05) is 0 Å². The summed E-state index contributed by atoms with van der Waals surface area (Å²) in [4.78, 5) is 14.0. The lowest BCUT2D eigenvalue weighted by Gasteiger charge is -1.94. The molecule has 0 fully saturated rings. The molecule has 1 aromatic carbocycles. The molecule has 18 heavy (non-hydrogen) atoms. The molecule has 1 N–H and O–H groups in total. The van der Waals surface area contributed by atoms with Crippen LogP contribution in [0.3, 0.4) is 0 Å². The van der Waals surface area contributed by atoms with Gasteiger partial charge >= 0.3 is 18.7 Å². The number of alkyl halides is 2. The highest BCUT2D eigenvalue weighted by atomic mass is 19.3. The predicted molar refractivity (Wildman–Crippen MR) is 57.3 cm³/mol. The van der Waals surface area contributed by atoms with E-state index in [9.17, 15) is 13.6 Å². The smallest absolute Gasteiger partial charge is 0.399 e. The topological polar surface area (TPSA) is 72.6 Å². The summed E-state index contributed by atoms with van der Waals surface area (Å²) in [6.07, 6.45) is 1.77. The number of aromatic nitrogens is 1. The maximum atomic E-state index is 11.9.